The van der Waals surface area contributed by atoms with Crippen molar-refractivity contribution < 1.29 is 9.53 Å². The lowest BCUT2D eigenvalue weighted by Crippen LogP contribution is -2.28. The molecule has 0 bridgehead atoms. The molecule has 1 aromatic carbocycles. The summed E-state index contributed by atoms with van der Waals surface area (Å²) in [5.74, 6) is 1.14. The van der Waals surface area contributed by atoms with Gasteiger partial charge in [0.15, 0.2) is 5.82 Å². The zero-order valence-corrected chi connectivity index (χ0v) is 11.5. The second-order valence-corrected chi connectivity index (χ2v) is 4.42. The van der Waals surface area contributed by atoms with Crippen molar-refractivity contribution in [3.8, 4) is 5.75 Å². The van der Waals surface area contributed by atoms with Crippen LogP contribution in [-0.4, -0.2) is 33.1 Å². The van der Waals surface area contributed by atoms with Gasteiger partial charge in [-0.25, -0.2) is 0 Å². The van der Waals surface area contributed by atoms with Gasteiger partial charge in [0.25, 0.3) is 0 Å². The molecule has 1 unspecified atom stereocenters. The number of H-pyrrole nitrogens is 1. The van der Waals surface area contributed by atoms with Gasteiger partial charge in [0, 0.05) is 0 Å². The number of amides is 1. The number of carbonyl (C=O) groups is 1. The van der Waals surface area contributed by atoms with Crippen LogP contribution in [0.3, 0.4) is 0 Å². The Morgan fingerprint density at radius 1 is 1.45 bits per heavy atom. The lowest BCUT2D eigenvalue weighted by molar-refractivity contribution is -0.122. The number of rotatable bonds is 6. The summed E-state index contributed by atoms with van der Waals surface area (Å²) in [6, 6.07) is 7.42. The molecule has 1 atom stereocenters. The second-order valence-electron chi connectivity index (χ2n) is 4.42. The summed E-state index contributed by atoms with van der Waals surface area (Å²) in [5.41, 5.74) is 1.05. The first-order chi connectivity index (χ1) is 9.66. The smallest absolute Gasteiger partial charge is 0.224 e. The molecule has 2 aromatic rings. The summed E-state index contributed by atoms with van der Waals surface area (Å²) in [6.07, 6.45) is 0.274. The van der Waals surface area contributed by atoms with Gasteiger partial charge in [-0.15, -0.1) is 10.2 Å². The van der Waals surface area contributed by atoms with Crippen molar-refractivity contribution >= 4 is 5.91 Å². The Hall–Kier alpha value is -2.44. The van der Waals surface area contributed by atoms with Crippen LogP contribution in [0.1, 0.15) is 30.8 Å². The predicted molar refractivity (Wildman–Crippen MR) is 72.0 cm³/mol. The van der Waals surface area contributed by atoms with Crippen molar-refractivity contribution in [3.05, 3.63) is 35.7 Å². The van der Waals surface area contributed by atoms with Crippen molar-refractivity contribution in [1.82, 2.24) is 25.9 Å². The number of benzene rings is 1. The number of tetrazole rings is 1. The van der Waals surface area contributed by atoms with Crippen LogP contribution in [0.15, 0.2) is 24.3 Å². The van der Waals surface area contributed by atoms with Gasteiger partial charge in [0.1, 0.15) is 5.75 Å². The standard InChI is InChI=1S/C13H17N5O2/c1-9-5-3-4-6-11(9)20-8-7-12(19)14-10(2)13-15-17-18-16-13/h3-6,10H,7-8H2,1-2H3,(H,14,19)(H,15,16,17,18). The van der Waals surface area contributed by atoms with Crippen LogP contribution in [0.25, 0.3) is 0 Å². The molecule has 0 spiro atoms. The fourth-order valence-corrected chi connectivity index (χ4v) is 1.70. The number of nitrogens with zero attached hydrogens (tertiary/aromatic N) is 3. The van der Waals surface area contributed by atoms with E-state index in [1.54, 1.807) is 6.92 Å². The first kappa shape index (κ1) is 14.0. The molecule has 0 aliphatic rings. The number of para-hydroxylation sites is 1. The van der Waals surface area contributed by atoms with E-state index in [2.05, 4.69) is 25.9 Å². The third-order valence-electron chi connectivity index (χ3n) is 2.81. The monoisotopic (exact) mass is 275 g/mol. The Bertz CT molecular complexity index is 556. The molecule has 0 radical (unpaired) electrons. The summed E-state index contributed by atoms with van der Waals surface area (Å²) in [5, 5.41) is 16.2. The van der Waals surface area contributed by atoms with E-state index in [0.717, 1.165) is 11.3 Å². The number of hydrogen-bond donors (Lipinski definition) is 2. The minimum atomic E-state index is -0.278. The van der Waals surface area contributed by atoms with E-state index >= 15 is 0 Å². The lowest BCUT2D eigenvalue weighted by Gasteiger charge is -2.11. The zero-order chi connectivity index (χ0) is 14.4. The Morgan fingerprint density at radius 3 is 2.95 bits per heavy atom. The number of aromatic amines is 1. The maximum atomic E-state index is 11.7. The van der Waals surface area contributed by atoms with Crippen LogP contribution in [0.5, 0.6) is 5.75 Å². The number of aryl methyl sites for hydroxylation is 1. The summed E-state index contributed by atoms with van der Waals surface area (Å²) in [6.45, 7) is 4.09. The molecule has 0 fully saturated rings. The van der Waals surface area contributed by atoms with E-state index < -0.39 is 0 Å². The first-order valence-electron chi connectivity index (χ1n) is 6.38. The molecule has 0 aliphatic carbocycles. The number of nitrogens with one attached hydrogen (secondary N) is 2. The molecule has 20 heavy (non-hydrogen) atoms. The summed E-state index contributed by atoms with van der Waals surface area (Å²) < 4.78 is 5.57. The number of carbonyl (C=O) groups excluding carboxylic acids is 1. The molecule has 0 saturated heterocycles. The quantitative estimate of drug-likeness (QED) is 0.825. The molecule has 1 amide bonds. The van der Waals surface area contributed by atoms with Crippen LogP contribution >= 0.6 is 0 Å². The van der Waals surface area contributed by atoms with Crippen molar-refractivity contribution in [1.29, 1.82) is 0 Å². The van der Waals surface area contributed by atoms with Crippen LogP contribution < -0.4 is 10.1 Å². The van der Waals surface area contributed by atoms with E-state index in [4.69, 9.17) is 4.74 Å². The van der Waals surface area contributed by atoms with Gasteiger partial charge in [0.2, 0.25) is 5.91 Å². The molecule has 7 heteroatoms. The Balaban J connectivity index is 1.74. The van der Waals surface area contributed by atoms with Gasteiger partial charge >= 0.3 is 0 Å². The average molecular weight is 275 g/mol. The summed E-state index contributed by atoms with van der Waals surface area (Å²) >= 11 is 0. The fourth-order valence-electron chi connectivity index (χ4n) is 1.70. The van der Waals surface area contributed by atoms with Gasteiger partial charge in [-0.1, -0.05) is 23.4 Å². The van der Waals surface area contributed by atoms with E-state index in [1.165, 1.54) is 0 Å². The molecule has 1 aromatic heterocycles. The second kappa shape index (κ2) is 6.65. The predicted octanol–water partition coefficient (Wildman–Crippen LogP) is 1.15. The van der Waals surface area contributed by atoms with Gasteiger partial charge in [-0.2, -0.15) is 5.21 Å². The first-order valence-corrected chi connectivity index (χ1v) is 6.38. The third-order valence-corrected chi connectivity index (χ3v) is 2.81. The van der Waals surface area contributed by atoms with Crippen LogP contribution in [0.4, 0.5) is 0 Å². The van der Waals surface area contributed by atoms with Crippen LogP contribution in [0, 0.1) is 6.92 Å². The highest BCUT2D eigenvalue weighted by atomic mass is 16.5. The number of ether oxygens (including phenoxy) is 1. The molecular weight excluding hydrogens is 258 g/mol. The van der Waals surface area contributed by atoms with Crippen LogP contribution in [-0.2, 0) is 4.79 Å². The van der Waals surface area contributed by atoms with Gasteiger partial charge < -0.3 is 10.1 Å². The van der Waals surface area contributed by atoms with E-state index in [0.29, 0.717) is 12.4 Å². The minimum absolute atomic E-state index is 0.115. The maximum Gasteiger partial charge on any atom is 0.224 e. The van der Waals surface area contributed by atoms with Crippen molar-refractivity contribution in [2.24, 2.45) is 0 Å². The van der Waals surface area contributed by atoms with Crippen molar-refractivity contribution in [2.75, 3.05) is 6.61 Å². The fraction of sp³-hybridized carbons (Fsp3) is 0.385. The third kappa shape index (κ3) is 3.78. The lowest BCUT2D eigenvalue weighted by atomic mass is 10.2. The van der Waals surface area contributed by atoms with E-state index in [1.807, 2.05) is 31.2 Å². The normalized spacial score (nSPS) is 11.9. The molecule has 2 rings (SSSR count). The highest BCUT2D eigenvalue weighted by molar-refractivity contribution is 5.76. The molecule has 7 nitrogen and oxygen atoms in total. The summed E-state index contributed by atoms with van der Waals surface area (Å²) in [7, 11) is 0. The molecule has 106 valence electrons. The average Bonchev–Trinajstić information content (AvgIpc) is 2.95. The zero-order valence-electron chi connectivity index (χ0n) is 11.5. The molecule has 2 N–H and O–H groups in total. The molecule has 0 aliphatic heterocycles. The Kier molecular flexibility index (Phi) is 4.65. The summed E-state index contributed by atoms with van der Waals surface area (Å²) in [4.78, 5) is 11.7. The molecular formula is C13H17N5O2. The Morgan fingerprint density at radius 2 is 2.25 bits per heavy atom. The highest BCUT2D eigenvalue weighted by Gasteiger charge is 2.13. The van der Waals surface area contributed by atoms with Gasteiger partial charge in [-0.3, -0.25) is 4.79 Å². The van der Waals surface area contributed by atoms with Gasteiger partial charge in [0.05, 0.1) is 19.1 Å². The van der Waals surface area contributed by atoms with E-state index in [-0.39, 0.29) is 18.4 Å². The van der Waals surface area contributed by atoms with Crippen molar-refractivity contribution in [2.45, 2.75) is 26.3 Å². The Labute approximate surface area is 116 Å². The molecule has 1 heterocycles. The SMILES string of the molecule is Cc1ccccc1OCCC(=O)NC(C)c1nn[nH]n1. The topological polar surface area (TPSA) is 92.8 Å². The maximum absolute atomic E-state index is 11.7. The highest BCUT2D eigenvalue weighted by Crippen LogP contribution is 2.16. The van der Waals surface area contributed by atoms with Crippen molar-refractivity contribution in [3.63, 3.8) is 0 Å². The van der Waals surface area contributed by atoms with Gasteiger partial charge in [-0.05, 0) is 25.5 Å². The largest absolute Gasteiger partial charge is 0.493 e. The van der Waals surface area contributed by atoms with Crippen LogP contribution in [0.2, 0.25) is 0 Å². The van der Waals surface area contributed by atoms with E-state index in [9.17, 15) is 4.79 Å². The minimum Gasteiger partial charge on any atom is -0.493 e. The number of aromatic nitrogens is 4. The number of hydrogen-bond acceptors (Lipinski definition) is 5. The molecule has 0 saturated carbocycles.